The smallest absolute Gasteiger partial charge is 0.131 e. The van der Waals surface area contributed by atoms with Crippen LogP contribution in [0, 0.1) is 29.4 Å². The molecule has 116 valence electrons. The second-order valence-corrected chi connectivity index (χ2v) is 6.51. The Morgan fingerprint density at radius 3 is 2.67 bits per heavy atom. The number of halogens is 2. The lowest BCUT2D eigenvalue weighted by Gasteiger charge is -2.44. The minimum absolute atomic E-state index is 0.0809. The van der Waals surface area contributed by atoms with E-state index in [0.717, 1.165) is 12.5 Å². The molecule has 1 heterocycles. The highest BCUT2D eigenvalue weighted by molar-refractivity contribution is 5.28. The molecule has 3 nitrogen and oxygen atoms in total. The molecule has 21 heavy (non-hydrogen) atoms. The normalized spacial score (nSPS) is 39.3. The van der Waals surface area contributed by atoms with Crippen LogP contribution in [0.5, 0.6) is 0 Å². The Kier molecular flexibility index (Phi) is 3.76. The SMILES string of the molecule is C[C@@H]1C[C@H]1[C@H]1C[C@@H](CO)[C@](N)(c2ccc(F)cc2F)CO1. The van der Waals surface area contributed by atoms with Gasteiger partial charge in [0.1, 0.15) is 11.6 Å². The number of ether oxygens (including phenoxy) is 1. The first kappa shape index (κ1) is 14.9. The zero-order chi connectivity index (χ0) is 15.2. The Balaban J connectivity index is 1.85. The lowest BCUT2D eigenvalue weighted by atomic mass is 9.74. The van der Waals surface area contributed by atoms with E-state index < -0.39 is 17.2 Å². The van der Waals surface area contributed by atoms with Gasteiger partial charge in [0, 0.05) is 24.2 Å². The number of aliphatic hydroxyl groups is 1. The van der Waals surface area contributed by atoms with E-state index in [1.54, 1.807) is 0 Å². The van der Waals surface area contributed by atoms with Gasteiger partial charge < -0.3 is 15.6 Å². The van der Waals surface area contributed by atoms with Crippen molar-refractivity contribution in [3.8, 4) is 0 Å². The molecule has 3 rings (SSSR count). The molecule has 3 N–H and O–H groups in total. The van der Waals surface area contributed by atoms with Gasteiger partial charge in [-0.1, -0.05) is 13.0 Å². The van der Waals surface area contributed by atoms with E-state index in [0.29, 0.717) is 18.3 Å². The lowest BCUT2D eigenvalue weighted by molar-refractivity contribution is -0.0859. The predicted octanol–water partition coefficient (Wildman–Crippen LogP) is 2.17. The zero-order valence-electron chi connectivity index (χ0n) is 12.1. The number of benzene rings is 1. The monoisotopic (exact) mass is 297 g/mol. The second kappa shape index (κ2) is 5.30. The Morgan fingerprint density at radius 1 is 1.38 bits per heavy atom. The van der Waals surface area contributed by atoms with Gasteiger partial charge in [-0.05, 0) is 30.7 Å². The molecule has 2 aliphatic rings. The van der Waals surface area contributed by atoms with Crippen LogP contribution in [0.15, 0.2) is 18.2 Å². The van der Waals surface area contributed by atoms with Crippen molar-refractivity contribution < 1.29 is 18.6 Å². The highest BCUT2D eigenvalue weighted by Gasteiger charge is 2.49. The van der Waals surface area contributed by atoms with Gasteiger partial charge in [-0.25, -0.2) is 8.78 Å². The number of hydrogen-bond acceptors (Lipinski definition) is 3. The van der Waals surface area contributed by atoms with Crippen molar-refractivity contribution in [1.82, 2.24) is 0 Å². The quantitative estimate of drug-likeness (QED) is 0.899. The molecule has 0 radical (unpaired) electrons. The third kappa shape index (κ3) is 2.58. The number of nitrogens with two attached hydrogens (primary N) is 1. The summed E-state index contributed by atoms with van der Waals surface area (Å²) >= 11 is 0. The molecule has 5 atom stereocenters. The third-order valence-electron chi connectivity index (χ3n) is 5.08. The Hall–Kier alpha value is -1.04. The zero-order valence-corrected chi connectivity index (χ0v) is 12.1. The summed E-state index contributed by atoms with van der Waals surface area (Å²) in [5, 5.41) is 9.69. The van der Waals surface area contributed by atoms with Crippen molar-refractivity contribution >= 4 is 0 Å². The molecule has 2 fully saturated rings. The fourth-order valence-electron chi connectivity index (χ4n) is 3.49. The highest BCUT2D eigenvalue weighted by Crippen LogP contribution is 2.48. The van der Waals surface area contributed by atoms with Crippen LogP contribution < -0.4 is 5.73 Å². The van der Waals surface area contributed by atoms with Crippen molar-refractivity contribution in [2.45, 2.75) is 31.4 Å². The second-order valence-electron chi connectivity index (χ2n) is 6.51. The average molecular weight is 297 g/mol. The summed E-state index contributed by atoms with van der Waals surface area (Å²) in [4.78, 5) is 0. The summed E-state index contributed by atoms with van der Waals surface area (Å²) in [6, 6.07) is 3.38. The first-order chi connectivity index (χ1) is 9.95. The van der Waals surface area contributed by atoms with Gasteiger partial charge in [0.15, 0.2) is 0 Å². The lowest BCUT2D eigenvalue weighted by Crippen LogP contribution is -2.55. The number of aliphatic hydroxyl groups excluding tert-OH is 1. The van der Waals surface area contributed by atoms with Gasteiger partial charge in [0.25, 0.3) is 0 Å². The van der Waals surface area contributed by atoms with Gasteiger partial charge in [0.05, 0.1) is 18.2 Å². The van der Waals surface area contributed by atoms with E-state index in [1.165, 1.54) is 12.1 Å². The van der Waals surface area contributed by atoms with E-state index in [4.69, 9.17) is 10.5 Å². The van der Waals surface area contributed by atoms with Gasteiger partial charge in [-0.2, -0.15) is 0 Å². The Morgan fingerprint density at radius 2 is 2.10 bits per heavy atom. The molecule has 1 saturated heterocycles. The molecule has 1 aromatic rings. The molecule has 1 aliphatic heterocycles. The van der Waals surface area contributed by atoms with Gasteiger partial charge in [-0.3, -0.25) is 0 Å². The summed E-state index contributed by atoms with van der Waals surface area (Å²) in [6.07, 6.45) is 1.82. The van der Waals surface area contributed by atoms with Crippen molar-refractivity contribution in [3.05, 3.63) is 35.4 Å². The maximum atomic E-state index is 14.1. The molecule has 0 amide bonds. The summed E-state index contributed by atoms with van der Waals surface area (Å²) in [5.41, 5.74) is 5.46. The minimum Gasteiger partial charge on any atom is -0.396 e. The van der Waals surface area contributed by atoms with Crippen LogP contribution in [0.3, 0.4) is 0 Å². The maximum Gasteiger partial charge on any atom is 0.131 e. The number of hydrogen-bond donors (Lipinski definition) is 2. The van der Waals surface area contributed by atoms with Crippen LogP contribution in [-0.2, 0) is 10.3 Å². The molecule has 1 saturated carbocycles. The summed E-state index contributed by atoms with van der Waals surface area (Å²) in [6.45, 7) is 2.19. The van der Waals surface area contributed by atoms with Gasteiger partial charge >= 0.3 is 0 Å². The van der Waals surface area contributed by atoms with Crippen LogP contribution in [0.2, 0.25) is 0 Å². The largest absolute Gasteiger partial charge is 0.396 e. The van der Waals surface area contributed by atoms with E-state index in [2.05, 4.69) is 6.92 Å². The van der Waals surface area contributed by atoms with Crippen molar-refractivity contribution in [1.29, 1.82) is 0 Å². The minimum atomic E-state index is -1.11. The van der Waals surface area contributed by atoms with Crippen LogP contribution in [0.1, 0.15) is 25.3 Å². The molecular formula is C16H21F2NO2. The van der Waals surface area contributed by atoms with E-state index >= 15 is 0 Å². The van der Waals surface area contributed by atoms with Crippen molar-refractivity contribution in [2.75, 3.05) is 13.2 Å². The first-order valence-corrected chi connectivity index (χ1v) is 7.42. The standard InChI is InChI=1S/C16H21F2NO2/c1-9-4-12(9)15-5-10(7-20)16(19,8-21-15)13-3-2-11(17)6-14(13)18/h2-3,6,9-10,12,15,20H,4-5,7-8,19H2,1H3/t9-,10+,12-,15-,16+/m1/s1. The van der Waals surface area contributed by atoms with Gasteiger partial charge in [0.2, 0.25) is 0 Å². The van der Waals surface area contributed by atoms with Crippen LogP contribution in [-0.4, -0.2) is 24.4 Å². The maximum absolute atomic E-state index is 14.1. The fraction of sp³-hybridized carbons (Fsp3) is 0.625. The van der Waals surface area contributed by atoms with Crippen LogP contribution in [0.25, 0.3) is 0 Å². The molecule has 5 heteroatoms. The predicted molar refractivity (Wildman–Crippen MR) is 74.4 cm³/mol. The van der Waals surface area contributed by atoms with Crippen LogP contribution in [0.4, 0.5) is 8.78 Å². The summed E-state index contributed by atoms with van der Waals surface area (Å²) in [7, 11) is 0. The van der Waals surface area contributed by atoms with E-state index in [-0.39, 0.29) is 30.8 Å². The van der Waals surface area contributed by atoms with Gasteiger partial charge in [-0.15, -0.1) is 0 Å². The molecule has 0 bridgehead atoms. The van der Waals surface area contributed by atoms with Crippen LogP contribution >= 0.6 is 0 Å². The third-order valence-corrected chi connectivity index (χ3v) is 5.08. The topological polar surface area (TPSA) is 55.5 Å². The molecule has 0 spiro atoms. The molecule has 1 aliphatic carbocycles. The van der Waals surface area contributed by atoms with Crippen molar-refractivity contribution in [2.24, 2.45) is 23.5 Å². The highest BCUT2D eigenvalue weighted by atomic mass is 19.1. The average Bonchev–Trinajstić information content (AvgIpc) is 3.16. The van der Waals surface area contributed by atoms with E-state index in [1.807, 2.05) is 0 Å². The number of rotatable bonds is 3. The summed E-state index contributed by atoms with van der Waals surface area (Å²) in [5.74, 6) is -0.451. The molecular weight excluding hydrogens is 276 g/mol. The molecule has 1 aromatic carbocycles. The molecule has 0 unspecified atom stereocenters. The Labute approximate surface area is 123 Å². The Bertz CT molecular complexity index is 539. The fourth-order valence-corrected chi connectivity index (χ4v) is 3.49. The summed E-state index contributed by atoms with van der Waals surface area (Å²) < 4.78 is 33.0. The molecule has 0 aromatic heterocycles. The first-order valence-electron chi connectivity index (χ1n) is 7.42. The van der Waals surface area contributed by atoms with E-state index in [9.17, 15) is 13.9 Å². The van der Waals surface area contributed by atoms with Crippen molar-refractivity contribution in [3.63, 3.8) is 0 Å².